The Hall–Kier alpha value is -1.07. The third kappa shape index (κ3) is 5.13. The van der Waals surface area contributed by atoms with Gasteiger partial charge >= 0.3 is 0 Å². The largest absolute Gasteiger partial charge is 0.393 e. The van der Waals surface area contributed by atoms with E-state index in [1.165, 1.54) is 12.1 Å². The first-order valence-electron chi connectivity index (χ1n) is 6.96. The monoisotopic (exact) mass is 297 g/mol. The average molecular weight is 297 g/mol. The molecule has 110 valence electrons. The summed E-state index contributed by atoms with van der Waals surface area (Å²) >= 11 is 1.55. The number of nitrogens with one attached hydrogen (secondary N) is 1. The number of rotatable bonds is 6. The van der Waals surface area contributed by atoms with Gasteiger partial charge in [-0.1, -0.05) is 0 Å². The minimum absolute atomic E-state index is 0.0426. The first-order valence-corrected chi connectivity index (χ1v) is 7.95. The van der Waals surface area contributed by atoms with Crippen molar-refractivity contribution >= 4 is 17.7 Å². The van der Waals surface area contributed by atoms with Crippen molar-refractivity contribution in [2.45, 2.75) is 36.7 Å². The average Bonchev–Trinajstić information content (AvgIpc) is 2.85. The standard InChI is InChI=1S/C15H20FNO2S/c16-12-2-5-14(6-3-12)20-8-7-15(19)17-10-11-1-4-13(18)9-11/h2-3,5-6,11,13,18H,1,4,7-10H2,(H,17,19). The van der Waals surface area contributed by atoms with Gasteiger partial charge in [-0.3, -0.25) is 4.79 Å². The minimum atomic E-state index is -0.245. The summed E-state index contributed by atoms with van der Waals surface area (Å²) in [6.45, 7) is 0.664. The van der Waals surface area contributed by atoms with Crippen LogP contribution in [-0.4, -0.2) is 29.4 Å². The molecule has 0 aromatic heterocycles. The molecule has 20 heavy (non-hydrogen) atoms. The highest BCUT2D eigenvalue weighted by atomic mass is 32.2. The van der Waals surface area contributed by atoms with Gasteiger partial charge in [0.05, 0.1) is 6.10 Å². The number of aliphatic hydroxyl groups is 1. The van der Waals surface area contributed by atoms with Gasteiger partial charge in [-0.2, -0.15) is 0 Å². The lowest BCUT2D eigenvalue weighted by Gasteiger charge is -2.10. The van der Waals surface area contributed by atoms with Crippen LogP contribution in [0.2, 0.25) is 0 Å². The number of thioether (sulfide) groups is 1. The Morgan fingerprint density at radius 3 is 2.75 bits per heavy atom. The van der Waals surface area contributed by atoms with Crippen LogP contribution in [0.3, 0.4) is 0 Å². The molecule has 2 rings (SSSR count). The lowest BCUT2D eigenvalue weighted by molar-refractivity contribution is -0.120. The van der Waals surface area contributed by atoms with E-state index < -0.39 is 0 Å². The van der Waals surface area contributed by atoms with Crippen molar-refractivity contribution in [1.82, 2.24) is 5.32 Å². The molecule has 1 aliphatic rings. The van der Waals surface area contributed by atoms with Gasteiger partial charge in [0.2, 0.25) is 5.91 Å². The maximum atomic E-state index is 12.7. The van der Waals surface area contributed by atoms with Crippen LogP contribution in [0.25, 0.3) is 0 Å². The molecule has 1 aromatic rings. The lowest BCUT2D eigenvalue weighted by atomic mass is 10.1. The number of amides is 1. The molecular weight excluding hydrogens is 277 g/mol. The summed E-state index contributed by atoms with van der Waals surface area (Å²) in [6.07, 6.45) is 2.90. The Bertz CT molecular complexity index is 438. The molecule has 1 fully saturated rings. The van der Waals surface area contributed by atoms with Crippen LogP contribution < -0.4 is 5.32 Å². The molecule has 0 bridgehead atoms. The van der Waals surface area contributed by atoms with E-state index in [0.29, 0.717) is 24.6 Å². The number of benzene rings is 1. The summed E-state index contributed by atoms with van der Waals surface area (Å²) < 4.78 is 12.7. The van der Waals surface area contributed by atoms with Gasteiger partial charge in [0.25, 0.3) is 0 Å². The molecule has 2 N–H and O–H groups in total. The molecule has 2 unspecified atom stereocenters. The van der Waals surface area contributed by atoms with Gasteiger partial charge < -0.3 is 10.4 Å². The van der Waals surface area contributed by atoms with Crippen LogP contribution in [0, 0.1) is 11.7 Å². The topological polar surface area (TPSA) is 49.3 Å². The molecule has 5 heteroatoms. The van der Waals surface area contributed by atoms with Crippen molar-refractivity contribution in [3.05, 3.63) is 30.1 Å². The number of aliphatic hydroxyl groups excluding tert-OH is 1. The van der Waals surface area contributed by atoms with Gasteiger partial charge in [0.1, 0.15) is 5.82 Å². The molecular formula is C15H20FNO2S. The van der Waals surface area contributed by atoms with Crippen molar-refractivity contribution in [1.29, 1.82) is 0 Å². The third-order valence-electron chi connectivity index (χ3n) is 3.51. The summed E-state index contributed by atoms with van der Waals surface area (Å²) in [5.41, 5.74) is 0. The van der Waals surface area contributed by atoms with E-state index in [2.05, 4.69) is 5.32 Å². The number of carbonyl (C=O) groups excluding carboxylic acids is 1. The van der Waals surface area contributed by atoms with Crippen molar-refractivity contribution in [3.8, 4) is 0 Å². The zero-order chi connectivity index (χ0) is 14.4. The predicted molar refractivity (Wildman–Crippen MR) is 78.1 cm³/mol. The Balaban J connectivity index is 1.59. The summed E-state index contributed by atoms with van der Waals surface area (Å²) in [6, 6.07) is 6.29. The van der Waals surface area contributed by atoms with Gasteiger partial charge in [-0.15, -0.1) is 11.8 Å². The van der Waals surface area contributed by atoms with Gasteiger partial charge in [-0.25, -0.2) is 4.39 Å². The van der Waals surface area contributed by atoms with Crippen LogP contribution in [0.1, 0.15) is 25.7 Å². The van der Waals surface area contributed by atoms with Crippen LogP contribution >= 0.6 is 11.8 Å². The molecule has 0 heterocycles. The predicted octanol–water partition coefficient (Wildman–Crippen LogP) is 2.59. The first-order chi connectivity index (χ1) is 9.63. The second-order valence-corrected chi connectivity index (χ2v) is 6.36. The van der Waals surface area contributed by atoms with Crippen LogP contribution in [-0.2, 0) is 4.79 Å². The summed E-state index contributed by atoms with van der Waals surface area (Å²) in [5.74, 6) is 0.899. The van der Waals surface area contributed by atoms with E-state index in [1.807, 2.05) is 0 Å². The molecule has 1 amide bonds. The van der Waals surface area contributed by atoms with Crippen LogP contribution in [0.15, 0.2) is 29.2 Å². The molecule has 3 nitrogen and oxygen atoms in total. The Kier molecular flexibility index (Phi) is 5.86. The number of hydrogen-bond acceptors (Lipinski definition) is 3. The fourth-order valence-electron chi connectivity index (χ4n) is 2.37. The number of halogens is 1. The Morgan fingerprint density at radius 1 is 1.35 bits per heavy atom. The van der Waals surface area contributed by atoms with Crippen molar-refractivity contribution < 1.29 is 14.3 Å². The third-order valence-corrected chi connectivity index (χ3v) is 4.53. The maximum Gasteiger partial charge on any atom is 0.220 e. The van der Waals surface area contributed by atoms with E-state index in [0.717, 1.165) is 24.2 Å². The zero-order valence-corrected chi connectivity index (χ0v) is 12.2. The summed E-state index contributed by atoms with van der Waals surface area (Å²) in [5, 5.41) is 12.3. The second-order valence-electron chi connectivity index (χ2n) is 5.19. The zero-order valence-electron chi connectivity index (χ0n) is 11.3. The van der Waals surface area contributed by atoms with Gasteiger partial charge in [0.15, 0.2) is 0 Å². The van der Waals surface area contributed by atoms with E-state index in [1.54, 1.807) is 23.9 Å². The summed E-state index contributed by atoms with van der Waals surface area (Å²) in [7, 11) is 0. The first kappa shape index (κ1) is 15.3. The van der Waals surface area contributed by atoms with Crippen molar-refractivity contribution in [2.24, 2.45) is 5.92 Å². The molecule has 0 radical (unpaired) electrons. The second kappa shape index (κ2) is 7.64. The number of carbonyl (C=O) groups is 1. The van der Waals surface area contributed by atoms with E-state index >= 15 is 0 Å². The SMILES string of the molecule is O=C(CCSc1ccc(F)cc1)NCC1CCC(O)C1. The van der Waals surface area contributed by atoms with Crippen LogP contribution in [0.5, 0.6) is 0 Å². The molecule has 1 aliphatic carbocycles. The Labute approximate surface area is 123 Å². The maximum absolute atomic E-state index is 12.7. The van der Waals surface area contributed by atoms with Crippen molar-refractivity contribution in [2.75, 3.05) is 12.3 Å². The fraction of sp³-hybridized carbons (Fsp3) is 0.533. The molecule has 0 spiro atoms. The normalized spacial score (nSPS) is 21.9. The molecule has 2 atom stereocenters. The highest BCUT2D eigenvalue weighted by Crippen LogP contribution is 2.24. The Morgan fingerprint density at radius 2 is 2.10 bits per heavy atom. The van der Waals surface area contributed by atoms with Crippen LogP contribution in [0.4, 0.5) is 4.39 Å². The van der Waals surface area contributed by atoms with Gasteiger partial charge in [0, 0.05) is 23.6 Å². The molecule has 1 saturated carbocycles. The highest BCUT2D eigenvalue weighted by Gasteiger charge is 2.22. The quantitative estimate of drug-likeness (QED) is 0.794. The molecule has 0 saturated heterocycles. The van der Waals surface area contributed by atoms with E-state index in [-0.39, 0.29) is 17.8 Å². The lowest BCUT2D eigenvalue weighted by Crippen LogP contribution is -2.28. The summed E-state index contributed by atoms with van der Waals surface area (Å²) in [4.78, 5) is 12.6. The minimum Gasteiger partial charge on any atom is -0.393 e. The van der Waals surface area contributed by atoms with E-state index in [4.69, 9.17) is 0 Å². The van der Waals surface area contributed by atoms with Crippen molar-refractivity contribution in [3.63, 3.8) is 0 Å². The fourth-order valence-corrected chi connectivity index (χ4v) is 3.22. The number of hydrogen-bond donors (Lipinski definition) is 2. The molecule has 0 aliphatic heterocycles. The smallest absolute Gasteiger partial charge is 0.220 e. The van der Waals surface area contributed by atoms with Gasteiger partial charge in [-0.05, 0) is 49.4 Å². The van der Waals surface area contributed by atoms with E-state index in [9.17, 15) is 14.3 Å². The highest BCUT2D eigenvalue weighted by molar-refractivity contribution is 7.99. The molecule has 1 aromatic carbocycles.